The Morgan fingerprint density at radius 1 is 0.900 bits per heavy atom. The minimum Gasteiger partial charge on any atom is -0.278 e. The van der Waals surface area contributed by atoms with Gasteiger partial charge in [0.2, 0.25) is 0 Å². The number of rotatable bonds is 3. The van der Waals surface area contributed by atoms with Gasteiger partial charge in [-0.25, -0.2) is 0 Å². The molecule has 0 fully saturated rings. The third-order valence-electron chi connectivity index (χ3n) is 2.98. The van der Waals surface area contributed by atoms with Crippen molar-refractivity contribution in [1.82, 2.24) is 14.8 Å². The maximum atomic E-state index is 4.35. The van der Waals surface area contributed by atoms with Gasteiger partial charge in [-0.05, 0) is 18.2 Å². The fraction of sp³-hybridized carbons (Fsp3) is 0.0667. The Balaban J connectivity index is 2.24. The molecule has 1 aromatic heterocycles. The van der Waals surface area contributed by atoms with E-state index in [4.69, 9.17) is 0 Å². The van der Waals surface area contributed by atoms with Crippen molar-refractivity contribution in [2.45, 2.75) is 5.33 Å². The molecule has 100 valence electrons. The molecule has 5 heteroatoms. The van der Waals surface area contributed by atoms with Crippen molar-refractivity contribution < 1.29 is 0 Å². The molecular weight excluding hydrogens is 382 g/mol. The van der Waals surface area contributed by atoms with Gasteiger partial charge in [-0.2, -0.15) is 0 Å². The molecule has 20 heavy (non-hydrogen) atoms. The van der Waals surface area contributed by atoms with Gasteiger partial charge in [0.15, 0.2) is 5.82 Å². The highest BCUT2D eigenvalue weighted by Gasteiger charge is 2.16. The molecule has 0 amide bonds. The highest BCUT2D eigenvalue weighted by molar-refractivity contribution is 9.10. The monoisotopic (exact) mass is 391 g/mol. The Kier molecular flexibility index (Phi) is 3.98. The van der Waals surface area contributed by atoms with E-state index in [9.17, 15) is 0 Å². The molecule has 0 radical (unpaired) electrons. The minimum atomic E-state index is 0.652. The lowest BCUT2D eigenvalue weighted by molar-refractivity contribution is 0.962. The molecule has 1 heterocycles. The summed E-state index contributed by atoms with van der Waals surface area (Å²) in [5.41, 5.74) is 2.08. The van der Waals surface area contributed by atoms with E-state index in [1.165, 1.54) is 0 Å². The fourth-order valence-electron chi connectivity index (χ4n) is 2.07. The van der Waals surface area contributed by atoms with E-state index in [1.807, 2.05) is 42.5 Å². The molecule has 0 atom stereocenters. The molecule has 3 aromatic rings. The van der Waals surface area contributed by atoms with Crippen molar-refractivity contribution in [2.24, 2.45) is 0 Å². The predicted octanol–water partition coefficient (Wildman–Crippen LogP) is 4.59. The number of halogens is 2. The van der Waals surface area contributed by atoms with Crippen molar-refractivity contribution in [3.8, 4) is 17.1 Å². The van der Waals surface area contributed by atoms with E-state index in [2.05, 4.69) is 58.8 Å². The van der Waals surface area contributed by atoms with Gasteiger partial charge in [-0.1, -0.05) is 68.3 Å². The van der Waals surface area contributed by atoms with Crippen LogP contribution in [0.3, 0.4) is 0 Å². The van der Waals surface area contributed by atoms with Gasteiger partial charge in [0.1, 0.15) is 5.82 Å². The lowest BCUT2D eigenvalue weighted by Gasteiger charge is -2.10. The molecule has 0 aliphatic carbocycles. The van der Waals surface area contributed by atoms with Gasteiger partial charge in [0.05, 0.1) is 5.33 Å². The van der Waals surface area contributed by atoms with E-state index in [0.717, 1.165) is 27.4 Å². The molecule has 0 spiro atoms. The number of aromatic nitrogens is 3. The quantitative estimate of drug-likeness (QED) is 0.610. The van der Waals surface area contributed by atoms with Crippen LogP contribution in [0.5, 0.6) is 0 Å². The van der Waals surface area contributed by atoms with Crippen molar-refractivity contribution in [3.63, 3.8) is 0 Å². The highest BCUT2D eigenvalue weighted by atomic mass is 79.9. The van der Waals surface area contributed by atoms with Gasteiger partial charge in [0, 0.05) is 15.7 Å². The van der Waals surface area contributed by atoms with E-state index in [0.29, 0.717) is 5.33 Å². The van der Waals surface area contributed by atoms with Crippen LogP contribution in [0.2, 0.25) is 0 Å². The van der Waals surface area contributed by atoms with Crippen molar-refractivity contribution >= 4 is 31.9 Å². The standard InChI is InChI=1S/C15H11Br2N3/c16-10-14-18-19-15(12-8-4-5-9-13(12)17)20(14)11-6-2-1-3-7-11/h1-9H,10H2. The Bertz CT molecular complexity index is 723. The Morgan fingerprint density at radius 2 is 1.60 bits per heavy atom. The van der Waals surface area contributed by atoms with Gasteiger partial charge in [-0.15, -0.1) is 10.2 Å². The first-order valence-corrected chi connectivity index (χ1v) is 8.03. The van der Waals surface area contributed by atoms with Crippen LogP contribution in [0.25, 0.3) is 17.1 Å². The summed E-state index contributed by atoms with van der Waals surface area (Å²) in [7, 11) is 0. The zero-order valence-corrected chi connectivity index (χ0v) is 13.7. The minimum absolute atomic E-state index is 0.652. The maximum Gasteiger partial charge on any atom is 0.169 e. The summed E-state index contributed by atoms with van der Waals surface area (Å²) in [6.07, 6.45) is 0. The van der Waals surface area contributed by atoms with Crippen LogP contribution >= 0.6 is 31.9 Å². The SMILES string of the molecule is BrCc1nnc(-c2ccccc2Br)n1-c1ccccc1. The number of alkyl halides is 1. The molecule has 2 aromatic carbocycles. The molecule has 0 bridgehead atoms. The second kappa shape index (κ2) is 5.89. The molecule has 0 aliphatic rings. The summed E-state index contributed by atoms with van der Waals surface area (Å²) in [6.45, 7) is 0. The van der Waals surface area contributed by atoms with Crippen LogP contribution in [-0.2, 0) is 5.33 Å². The number of hydrogen-bond acceptors (Lipinski definition) is 2. The molecule has 0 saturated heterocycles. The van der Waals surface area contributed by atoms with Crippen LogP contribution in [0.15, 0.2) is 59.1 Å². The molecule has 0 aliphatic heterocycles. The Morgan fingerprint density at radius 3 is 2.30 bits per heavy atom. The summed E-state index contributed by atoms with van der Waals surface area (Å²) in [4.78, 5) is 0. The zero-order valence-electron chi connectivity index (χ0n) is 10.5. The van der Waals surface area contributed by atoms with Crippen LogP contribution in [0, 0.1) is 0 Å². The lowest BCUT2D eigenvalue weighted by atomic mass is 10.2. The summed E-state index contributed by atoms with van der Waals surface area (Å²) in [5, 5.41) is 9.27. The second-order valence-electron chi connectivity index (χ2n) is 4.22. The first-order valence-electron chi connectivity index (χ1n) is 6.12. The topological polar surface area (TPSA) is 30.7 Å². The Hall–Kier alpha value is -1.46. The molecule has 0 saturated carbocycles. The van der Waals surface area contributed by atoms with Gasteiger partial charge in [0.25, 0.3) is 0 Å². The van der Waals surface area contributed by atoms with Crippen LogP contribution < -0.4 is 0 Å². The largest absolute Gasteiger partial charge is 0.278 e. The molecule has 0 unspecified atom stereocenters. The summed E-state index contributed by atoms with van der Waals surface area (Å²) in [6, 6.07) is 18.2. The van der Waals surface area contributed by atoms with E-state index < -0.39 is 0 Å². The predicted molar refractivity (Wildman–Crippen MR) is 87.1 cm³/mol. The van der Waals surface area contributed by atoms with Crippen LogP contribution in [0.4, 0.5) is 0 Å². The van der Waals surface area contributed by atoms with Crippen LogP contribution in [-0.4, -0.2) is 14.8 Å². The van der Waals surface area contributed by atoms with Gasteiger partial charge in [-0.3, -0.25) is 4.57 Å². The number of para-hydroxylation sites is 1. The average Bonchev–Trinajstić information content (AvgIpc) is 2.92. The smallest absolute Gasteiger partial charge is 0.169 e. The first-order chi connectivity index (χ1) is 9.81. The van der Waals surface area contributed by atoms with Crippen molar-refractivity contribution in [3.05, 3.63) is 64.9 Å². The van der Waals surface area contributed by atoms with Crippen LogP contribution in [0.1, 0.15) is 5.82 Å². The van der Waals surface area contributed by atoms with E-state index in [-0.39, 0.29) is 0 Å². The van der Waals surface area contributed by atoms with Gasteiger partial charge < -0.3 is 0 Å². The van der Waals surface area contributed by atoms with E-state index in [1.54, 1.807) is 0 Å². The van der Waals surface area contributed by atoms with Crippen molar-refractivity contribution in [1.29, 1.82) is 0 Å². The molecular formula is C15H11Br2N3. The first kappa shape index (κ1) is 13.5. The molecule has 0 N–H and O–H groups in total. The van der Waals surface area contributed by atoms with Gasteiger partial charge >= 0.3 is 0 Å². The lowest BCUT2D eigenvalue weighted by Crippen LogP contribution is -2.01. The summed E-state index contributed by atoms with van der Waals surface area (Å²) >= 11 is 7.05. The summed E-state index contributed by atoms with van der Waals surface area (Å²) < 4.78 is 3.07. The number of benzene rings is 2. The van der Waals surface area contributed by atoms with Crippen molar-refractivity contribution in [2.75, 3.05) is 0 Å². The third-order valence-corrected chi connectivity index (χ3v) is 4.17. The Labute approximate surface area is 133 Å². The van der Waals surface area contributed by atoms with E-state index >= 15 is 0 Å². The molecule has 3 nitrogen and oxygen atoms in total. The molecule has 3 rings (SSSR count). The number of hydrogen-bond donors (Lipinski definition) is 0. The highest BCUT2D eigenvalue weighted by Crippen LogP contribution is 2.29. The fourth-order valence-corrected chi connectivity index (χ4v) is 2.89. The average molecular weight is 393 g/mol. The second-order valence-corrected chi connectivity index (χ2v) is 5.64. The normalized spacial score (nSPS) is 10.7. The maximum absolute atomic E-state index is 4.35. The number of nitrogens with zero attached hydrogens (tertiary/aromatic N) is 3. The third kappa shape index (κ3) is 2.43. The summed E-state index contributed by atoms with van der Waals surface area (Å²) in [5.74, 6) is 1.71. The zero-order chi connectivity index (χ0) is 13.9.